The zero-order valence-corrected chi connectivity index (χ0v) is 9.53. The molecular formula is C12H19N3. The summed E-state index contributed by atoms with van der Waals surface area (Å²) in [7, 11) is 0. The van der Waals surface area contributed by atoms with Crippen molar-refractivity contribution in [2.75, 3.05) is 13.1 Å². The van der Waals surface area contributed by atoms with Crippen molar-refractivity contribution in [3.05, 3.63) is 23.5 Å². The molecule has 3 heteroatoms. The molecule has 2 rings (SSSR count). The molecule has 1 aliphatic rings. The highest BCUT2D eigenvalue weighted by Gasteiger charge is 2.09. The molecule has 1 N–H and O–H groups in total. The molecule has 1 saturated heterocycles. The van der Waals surface area contributed by atoms with Crippen molar-refractivity contribution in [1.29, 1.82) is 0 Å². The van der Waals surface area contributed by atoms with E-state index in [1.165, 1.54) is 5.57 Å². The molecule has 3 nitrogen and oxygen atoms in total. The maximum absolute atomic E-state index is 4.59. The molecule has 1 fully saturated rings. The number of hydrogen-bond donors (Lipinski definition) is 1. The van der Waals surface area contributed by atoms with Gasteiger partial charge in [-0.3, -0.25) is 4.68 Å². The standard InChI is InChI=1S/C12H19N3/c1-3-12(4-2)15-6-5-11(14-15)7-10-8-13-9-10/h5-7,12-13H,3-4,8-9H2,1-2H3. The van der Waals surface area contributed by atoms with Crippen LogP contribution < -0.4 is 5.32 Å². The van der Waals surface area contributed by atoms with Gasteiger partial charge in [-0.2, -0.15) is 5.10 Å². The number of nitrogens with zero attached hydrogens (tertiary/aromatic N) is 2. The molecule has 1 aliphatic heterocycles. The fourth-order valence-electron chi connectivity index (χ4n) is 1.88. The van der Waals surface area contributed by atoms with Crippen LogP contribution in [0.15, 0.2) is 17.8 Å². The zero-order valence-electron chi connectivity index (χ0n) is 9.53. The van der Waals surface area contributed by atoms with Crippen molar-refractivity contribution >= 4 is 6.08 Å². The maximum atomic E-state index is 4.59. The molecule has 0 amide bonds. The summed E-state index contributed by atoms with van der Waals surface area (Å²) in [5, 5.41) is 7.82. The first-order valence-electron chi connectivity index (χ1n) is 5.78. The minimum Gasteiger partial charge on any atom is -0.309 e. The Kier molecular flexibility index (Phi) is 3.21. The van der Waals surface area contributed by atoms with Gasteiger partial charge in [0, 0.05) is 19.3 Å². The topological polar surface area (TPSA) is 29.9 Å². The summed E-state index contributed by atoms with van der Waals surface area (Å²) in [4.78, 5) is 0. The van der Waals surface area contributed by atoms with E-state index < -0.39 is 0 Å². The first kappa shape index (κ1) is 10.4. The summed E-state index contributed by atoms with van der Waals surface area (Å²) in [6.45, 7) is 6.48. The maximum Gasteiger partial charge on any atom is 0.0851 e. The number of nitrogens with one attached hydrogen (secondary N) is 1. The first-order chi connectivity index (χ1) is 7.33. The third kappa shape index (κ3) is 2.29. The Morgan fingerprint density at radius 3 is 2.73 bits per heavy atom. The van der Waals surface area contributed by atoms with E-state index in [1.54, 1.807) is 0 Å². The lowest BCUT2D eigenvalue weighted by molar-refractivity contribution is 0.428. The second-order valence-electron chi connectivity index (χ2n) is 4.10. The van der Waals surface area contributed by atoms with Crippen molar-refractivity contribution in [2.45, 2.75) is 32.7 Å². The molecule has 1 aromatic rings. The van der Waals surface area contributed by atoms with Crippen LogP contribution in [-0.4, -0.2) is 22.9 Å². The number of rotatable bonds is 4. The van der Waals surface area contributed by atoms with Crippen LogP contribution in [0.2, 0.25) is 0 Å². The molecule has 1 aromatic heterocycles. The summed E-state index contributed by atoms with van der Waals surface area (Å²) < 4.78 is 2.10. The van der Waals surface area contributed by atoms with Crippen molar-refractivity contribution in [2.24, 2.45) is 0 Å². The van der Waals surface area contributed by atoms with E-state index in [9.17, 15) is 0 Å². The molecule has 0 bridgehead atoms. The van der Waals surface area contributed by atoms with Crippen molar-refractivity contribution in [1.82, 2.24) is 15.1 Å². The second kappa shape index (κ2) is 4.62. The van der Waals surface area contributed by atoms with E-state index in [0.717, 1.165) is 31.6 Å². The highest BCUT2D eigenvalue weighted by atomic mass is 15.3. The fraction of sp³-hybridized carbons (Fsp3) is 0.583. The van der Waals surface area contributed by atoms with Gasteiger partial charge in [-0.15, -0.1) is 0 Å². The van der Waals surface area contributed by atoms with Gasteiger partial charge in [-0.25, -0.2) is 0 Å². The van der Waals surface area contributed by atoms with Gasteiger partial charge in [0.25, 0.3) is 0 Å². The zero-order chi connectivity index (χ0) is 10.7. The van der Waals surface area contributed by atoms with E-state index in [0.29, 0.717) is 6.04 Å². The van der Waals surface area contributed by atoms with Gasteiger partial charge in [0.2, 0.25) is 0 Å². The second-order valence-corrected chi connectivity index (χ2v) is 4.10. The van der Waals surface area contributed by atoms with E-state index in [-0.39, 0.29) is 0 Å². The van der Waals surface area contributed by atoms with Crippen molar-refractivity contribution in [3.63, 3.8) is 0 Å². The van der Waals surface area contributed by atoms with E-state index >= 15 is 0 Å². The smallest absolute Gasteiger partial charge is 0.0851 e. The van der Waals surface area contributed by atoms with Crippen LogP contribution in [0.1, 0.15) is 38.4 Å². The summed E-state index contributed by atoms with van der Waals surface area (Å²) >= 11 is 0. The van der Waals surface area contributed by atoms with Crippen LogP contribution >= 0.6 is 0 Å². The molecule has 0 spiro atoms. The van der Waals surface area contributed by atoms with Crippen LogP contribution in [0.5, 0.6) is 0 Å². The average Bonchev–Trinajstić information content (AvgIpc) is 2.62. The Morgan fingerprint density at radius 1 is 1.47 bits per heavy atom. The molecule has 0 saturated carbocycles. The highest BCUT2D eigenvalue weighted by Crippen LogP contribution is 2.16. The van der Waals surface area contributed by atoms with Crippen molar-refractivity contribution in [3.8, 4) is 0 Å². The quantitative estimate of drug-likeness (QED) is 0.817. The normalized spacial score (nSPS) is 15.5. The summed E-state index contributed by atoms with van der Waals surface area (Å²) in [6, 6.07) is 2.65. The Labute approximate surface area is 91.2 Å². The van der Waals surface area contributed by atoms with Crippen LogP contribution in [-0.2, 0) is 0 Å². The predicted molar refractivity (Wildman–Crippen MR) is 62.7 cm³/mol. The van der Waals surface area contributed by atoms with Crippen LogP contribution in [0.25, 0.3) is 6.08 Å². The van der Waals surface area contributed by atoms with Gasteiger partial charge in [-0.1, -0.05) is 13.8 Å². The van der Waals surface area contributed by atoms with Crippen LogP contribution in [0.3, 0.4) is 0 Å². The third-order valence-corrected chi connectivity index (χ3v) is 3.00. The van der Waals surface area contributed by atoms with Gasteiger partial charge >= 0.3 is 0 Å². The third-order valence-electron chi connectivity index (χ3n) is 3.00. The molecule has 0 aromatic carbocycles. The number of aromatic nitrogens is 2. The SMILES string of the molecule is CCC(CC)n1ccc(C=C2CNC2)n1. The number of hydrogen-bond acceptors (Lipinski definition) is 2. The van der Waals surface area contributed by atoms with Gasteiger partial charge in [-0.05, 0) is 30.6 Å². The lowest BCUT2D eigenvalue weighted by Crippen LogP contribution is -2.33. The van der Waals surface area contributed by atoms with Crippen LogP contribution in [0.4, 0.5) is 0 Å². The molecular weight excluding hydrogens is 186 g/mol. The lowest BCUT2D eigenvalue weighted by Gasteiger charge is -2.17. The molecule has 2 heterocycles. The molecule has 0 unspecified atom stereocenters. The van der Waals surface area contributed by atoms with E-state index in [2.05, 4.69) is 47.3 Å². The Hall–Kier alpha value is -1.09. The Morgan fingerprint density at radius 2 is 2.20 bits per heavy atom. The Balaban J connectivity index is 2.09. The predicted octanol–water partition coefficient (Wildman–Crippen LogP) is 2.23. The van der Waals surface area contributed by atoms with Gasteiger partial charge in [0.15, 0.2) is 0 Å². The minimum absolute atomic E-state index is 0.552. The molecule has 0 atom stereocenters. The van der Waals surface area contributed by atoms with E-state index in [1.807, 2.05) is 0 Å². The van der Waals surface area contributed by atoms with Gasteiger partial charge in [0.1, 0.15) is 0 Å². The first-order valence-corrected chi connectivity index (χ1v) is 5.78. The largest absolute Gasteiger partial charge is 0.309 e. The highest BCUT2D eigenvalue weighted by molar-refractivity contribution is 5.51. The molecule has 15 heavy (non-hydrogen) atoms. The summed E-state index contributed by atoms with van der Waals surface area (Å²) in [5.74, 6) is 0. The molecule has 0 aliphatic carbocycles. The monoisotopic (exact) mass is 205 g/mol. The Bertz CT molecular complexity index is 342. The van der Waals surface area contributed by atoms with Gasteiger partial charge < -0.3 is 5.32 Å². The summed E-state index contributed by atoms with van der Waals surface area (Å²) in [6.07, 6.45) is 6.58. The van der Waals surface area contributed by atoms with E-state index in [4.69, 9.17) is 0 Å². The summed E-state index contributed by atoms with van der Waals surface area (Å²) in [5.41, 5.74) is 2.54. The van der Waals surface area contributed by atoms with Crippen molar-refractivity contribution < 1.29 is 0 Å². The minimum atomic E-state index is 0.552. The van der Waals surface area contributed by atoms with Gasteiger partial charge in [0.05, 0.1) is 11.7 Å². The molecule has 82 valence electrons. The molecule has 0 radical (unpaired) electrons. The van der Waals surface area contributed by atoms with Crippen LogP contribution in [0, 0.1) is 0 Å². The fourth-order valence-corrected chi connectivity index (χ4v) is 1.88. The lowest BCUT2D eigenvalue weighted by atomic mass is 10.1. The average molecular weight is 205 g/mol.